The maximum Gasteiger partial charge on any atom is 0.189 e. The van der Waals surface area contributed by atoms with Crippen molar-refractivity contribution < 1.29 is 0 Å². The minimum Gasteiger partial charge on any atom is -0.352 e. The minimum absolute atomic E-state index is 0.458. The Morgan fingerprint density at radius 1 is 1.14 bits per heavy atom. The highest BCUT2D eigenvalue weighted by molar-refractivity contribution is 7.98. The van der Waals surface area contributed by atoms with Gasteiger partial charge in [0.15, 0.2) is 5.16 Å². The second-order valence-electron chi connectivity index (χ2n) is 5.48. The van der Waals surface area contributed by atoms with Gasteiger partial charge in [-0.3, -0.25) is 0 Å². The first kappa shape index (κ1) is 13.6. The quantitative estimate of drug-likeness (QED) is 0.550. The summed E-state index contributed by atoms with van der Waals surface area (Å²) >= 11 is 1.57. The van der Waals surface area contributed by atoms with Crippen molar-refractivity contribution in [2.75, 3.05) is 24.2 Å². The standard InChI is InChI=1S/C16H17N5S/c1-11-18-13-5-3-4-6-14(13)21(11)12-9-20(10-12)15-7-8-17-16(19-15)22-2/h3-8,12H,9-10H2,1-2H3. The van der Waals surface area contributed by atoms with Gasteiger partial charge in [-0.15, -0.1) is 0 Å². The van der Waals surface area contributed by atoms with E-state index in [-0.39, 0.29) is 0 Å². The molecule has 112 valence electrons. The molecule has 1 aliphatic heterocycles. The third kappa shape index (κ3) is 2.14. The molecule has 5 nitrogen and oxygen atoms in total. The van der Waals surface area contributed by atoms with Gasteiger partial charge >= 0.3 is 0 Å². The Morgan fingerprint density at radius 3 is 2.77 bits per heavy atom. The van der Waals surface area contributed by atoms with E-state index in [1.807, 2.05) is 24.6 Å². The number of aromatic nitrogens is 4. The van der Waals surface area contributed by atoms with Crippen LogP contribution >= 0.6 is 11.8 Å². The van der Waals surface area contributed by atoms with Crippen molar-refractivity contribution in [2.24, 2.45) is 0 Å². The van der Waals surface area contributed by atoms with E-state index in [9.17, 15) is 0 Å². The zero-order chi connectivity index (χ0) is 15.1. The lowest BCUT2D eigenvalue weighted by Crippen LogP contribution is -2.48. The highest BCUT2D eigenvalue weighted by Gasteiger charge is 2.31. The molecule has 0 saturated carbocycles. The summed E-state index contributed by atoms with van der Waals surface area (Å²) in [5.41, 5.74) is 2.29. The third-order valence-electron chi connectivity index (χ3n) is 4.12. The van der Waals surface area contributed by atoms with Gasteiger partial charge in [0.2, 0.25) is 0 Å². The molecule has 0 bridgehead atoms. The second-order valence-corrected chi connectivity index (χ2v) is 6.25. The predicted octanol–water partition coefficient (Wildman–Crippen LogP) is 2.92. The van der Waals surface area contributed by atoms with Crippen molar-refractivity contribution in [2.45, 2.75) is 18.1 Å². The first-order chi connectivity index (χ1) is 10.8. The number of rotatable bonds is 3. The normalized spacial score (nSPS) is 15.3. The Kier molecular flexibility index (Phi) is 3.26. The molecule has 4 rings (SSSR count). The van der Waals surface area contributed by atoms with Crippen molar-refractivity contribution in [1.82, 2.24) is 19.5 Å². The van der Waals surface area contributed by atoms with Crippen LogP contribution in [0.4, 0.5) is 5.82 Å². The van der Waals surface area contributed by atoms with Crippen molar-refractivity contribution in [3.63, 3.8) is 0 Å². The molecule has 1 aliphatic rings. The number of benzene rings is 1. The van der Waals surface area contributed by atoms with Crippen LogP contribution in [0.2, 0.25) is 0 Å². The van der Waals surface area contributed by atoms with Crippen LogP contribution in [-0.2, 0) is 0 Å². The van der Waals surface area contributed by atoms with Crippen molar-refractivity contribution >= 4 is 28.6 Å². The van der Waals surface area contributed by atoms with Gasteiger partial charge in [-0.1, -0.05) is 23.9 Å². The molecule has 1 aromatic carbocycles. The van der Waals surface area contributed by atoms with Gasteiger partial charge in [0.05, 0.1) is 17.1 Å². The number of para-hydroxylation sites is 2. The van der Waals surface area contributed by atoms with Gasteiger partial charge in [-0.05, 0) is 31.4 Å². The SMILES string of the molecule is CSc1nccc(N2CC(n3c(C)nc4ccccc43)C2)n1. The summed E-state index contributed by atoms with van der Waals surface area (Å²) in [6.07, 6.45) is 3.83. The van der Waals surface area contributed by atoms with Crippen molar-refractivity contribution in [3.8, 4) is 0 Å². The third-order valence-corrected chi connectivity index (χ3v) is 4.69. The zero-order valence-corrected chi connectivity index (χ0v) is 13.4. The number of imidazole rings is 1. The first-order valence-corrected chi connectivity index (χ1v) is 8.54. The lowest BCUT2D eigenvalue weighted by Gasteiger charge is -2.41. The van der Waals surface area contributed by atoms with E-state index in [2.05, 4.69) is 49.5 Å². The van der Waals surface area contributed by atoms with Crippen LogP contribution < -0.4 is 4.90 Å². The maximum atomic E-state index is 4.66. The summed E-state index contributed by atoms with van der Waals surface area (Å²) in [5.74, 6) is 2.09. The number of thioether (sulfide) groups is 1. The number of nitrogens with zero attached hydrogens (tertiary/aromatic N) is 5. The Hall–Kier alpha value is -2.08. The summed E-state index contributed by atoms with van der Waals surface area (Å²) in [6.45, 7) is 4.01. The molecule has 0 aliphatic carbocycles. The number of hydrogen-bond donors (Lipinski definition) is 0. The summed E-state index contributed by atoms with van der Waals surface area (Å²) in [5, 5.41) is 0.824. The molecule has 1 fully saturated rings. The Labute approximate surface area is 133 Å². The first-order valence-electron chi connectivity index (χ1n) is 7.32. The molecule has 3 aromatic rings. The topological polar surface area (TPSA) is 46.8 Å². The Morgan fingerprint density at radius 2 is 1.95 bits per heavy atom. The number of anilines is 1. The van der Waals surface area contributed by atoms with Crippen LogP contribution in [0.1, 0.15) is 11.9 Å². The van der Waals surface area contributed by atoms with Crippen LogP contribution in [0.5, 0.6) is 0 Å². The van der Waals surface area contributed by atoms with Crippen molar-refractivity contribution in [1.29, 1.82) is 0 Å². The summed E-state index contributed by atoms with van der Waals surface area (Å²) in [7, 11) is 0. The maximum absolute atomic E-state index is 4.66. The molecular weight excluding hydrogens is 294 g/mol. The van der Waals surface area contributed by atoms with Gasteiger partial charge in [-0.2, -0.15) is 0 Å². The van der Waals surface area contributed by atoms with E-state index in [0.29, 0.717) is 6.04 Å². The van der Waals surface area contributed by atoms with E-state index in [1.54, 1.807) is 11.8 Å². The molecule has 0 spiro atoms. The lowest BCUT2D eigenvalue weighted by atomic mass is 10.1. The van der Waals surface area contributed by atoms with E-state index < -0.39 is 0 Å². The fraction of sp³-hybridized carbons (Fsp3) is 0.312. The summed E-state index contributed by atoms with van der Waals surface area (Å²) in [4.78, 5) is 15.7. The fourth-order valence-electron chi connectivity index (χ4n) is 3.04. The Bertz CT molecular complexity index is 822. The summed E-state index contributed by atoms with van der Waals surface area (Å²) in [6, 6.07) is 10.8. The number of aryl methyl sites for hydroxylation is 1. The molecule has 3 heterocycles. The van der Waals surface area contributed by atoms with Crippen LogP contribution in [0.15, 0.2) is 41.7 Å². The van der Waals surface area contributed by atoms with E-state index in [0.717, 1.165) is 35.4 Å². The molecule has 22 heavy (non-hydrogen) atoms. The minimum atomic E-state index is 0.458. The van der Waals surface area contributed by atoms with Gasteiger partial charge in [0.25, 0.3) is 0 Å². The lowest BCUT2D eigenvalue weighted by molar-refractivity contribution is 0.398. The molecule has 0 radical (unpaired) electrons. The highest BCUT2D eigenvalue weighted by atomic mass is 32.2. The predicted molar refractivity (Wildman–Crippen MR) is 89.5 cm³/mol. The average Bonchev–Trinajstić information content (AvgIpc) is 2.83. The molecule has 0 amide bonds. The Balaban J connectivity index is 1.58. The van der Waals surface area contributed by atoms with Gasteiger partial charge in [0.1, 0.15) is 11.6 Å². The van der Waals surface area contributed by atoms with Gasteiger partial charge in [-0.25, -0.2) is 15.0 Å². The van der Waals surface area contributed by atoms with Crippen LogP contribution in [0.25, 0.3) is 11.0 Å². The van der Waals surface area contributed by atoms with Gasteiger partial charge < -0.3 is 9.47 Å². The average molecular weight is 311 g/mol. The monoisotopic (exact) mass is 311 g/mol. The second kappa shape index (κ2) is 5.28. The molecule has 0 unspecified atom stereocenters. The number of fused-ring (bicyclic) bond motifs is 1. The molecular formula is C16H17N5S. The smallest absolute Gasteiger partial charge is 0.189 e. The van der Waals surface area contributed by atoms with E-state index in [4.69, 9.17) is 0 Å². The molecule has 1 saturated heterocycles. The molecule has 0 atom stereocenters. The molecule has 0 N–H and O–H groups in total. The summed E-state index contributed by atoms with van der Waals surface area (Å²) < 4.78 is 2.35. The van der Waals surface area contributed by atoms with Crippen molar-refractivity contribution in [3.05, 3.63) is 42.4 Å². The van der Waals surface area contributed by atoms with E-state index in [1.165, 1.54) is 5.52 Å². The molecule has 6 heteroatoms. The van der Waals surface area contributed by atoms with Crippen LogP contribution in [0.3, 0.4) is 0 Å². The zero-order valence-electron chi connectivity index (χ0n) is 12.6. The van der Waals surface area contributed by atoms with E-state index >= 15 is 0 Å². The number of hydrogen-bond acceptors (Lipinski definition) is 5. The highest BCUT2D eigenvalue weighted by Crippen LogP contribution is 2.30. The van der Waals surface area contributed by atoms with Crippen LogP contribution in [0, 0.1) is 6.92 Å². The molecule has 2 aromatic heterocycles. The fourth-order valence-corrected chi connectivity index (χ4v) is 3.39. The largest absolute Gasteiger partial charge is 0.352 e. The van der Waals surface area contributed by atoms with Crippen LogP contribution in [-0.4, -0.2) is 38.9 Å². The van der Waals surface area contributed by atoms with Gasteiger partial charge in [0, 0.05) is 19.3 Å².